The standard InChI is InChI=1S/C34H31N7O6/c1-21(39(2)33(44)45)31(42)37-30-32(43)40(28-12-11-22(18-35)17-29(28)47-34(30)13-15-46-16-14-34)20-25-24-8-4-6-10-27(24)41(38-25)26-9-5-3-7-23(26)19-36/h3-12,17,21,30H,13-16,20H2,1-2H3,(H,37,42)(H,44,45)/t21-,30+/m0/s1. The fourth-order valence-electron chi connectivity index (χ4n) is 6.07. The Balaban J connectivity index is 1.49. The van der Waals surface area contributed by atoms with Gasteiger partial charge in [0.05, 0.1) is 59.5 Å². The summed E-state index contributed by atoms with van der Waals surface area (Å²) in [4.78, 5) is 42.3. The van der Waals surface area contributed by atoms with Gasteiger partial charge in [0.2, 0.25) is 5.91 Å². The molecule has 0 unspecified atom stereocenters. The number of nitrogens with zero attached hydrogens (tertiary/aromatic N) is 6. The highest BCUT2D eigenvalue weighted by Gasteiger charge is 2.52. The van der Waals surface area contributed by atoms with E-state index in [0.717, 1.165) is 15.8 Å². The average Bonchev–Trinajstić information content (AvgIpc) is 3.43. The third-order valence-electron chi connectivity index (χ3n) is 8.84. The van der Waals surface area contributed by atoms with Crippen molar-refractivity contribution in [1.82, 2.24) is 20.0 Å². The lowest BCUT2D eigenvalue weighted by Gasteiger charge is -2.42. The maximum absolute atomic E-state index is 14.8. The summed E-state index contributed by atoms with van der Waals surface area (Å²) >= 11 is 0. The van der Waals surface area contributed by atoms with Crippen molar-refractivity contribution in [2.45, 2.75) is 44.0 Å². The summed E-state index contributed by atoms with van der Waals surface area (Å²) in [6.45, 7) is 1.90. The van der Waals surface area contributed by atoms with Gasteiger partial charge >= 0.3 is 6.09 Å². The zero-order valence-electron chi connectivity index (χ0n) is 25.7. The van der Waals surface area contributed by atoms with Gasteiger partial charge in [-0.1, -0.05) is 30.3 Å². The van der Waals surface area contributed by atoms with Gasteiger partial charge < -0.3 is 24.8 Å². The predicted octanol–water partition coefficient (Wildman–Crippen LogP) is 3.73. The molecule has 0 radical (unpaired) electrons. The molecular formula is C34H31N7O6. The molecule has 0 bridgehead atoms. The highest BCUT2D eigenvalue weighted by Crippen LogP contribution is 2.42. The molecular weight excluding hydrogens is 602 g/mol. The van der Waals surface area contributed by atoms with E-state index in [1.54, 1.807) is 41.1 Å². The molecule has 2 aliphatic heterocycles. The van der Waals surface area contributed by atoms with Crippen molar-refractivity contribution < 1.29 is 29.0 Å². The van der Waals surface area contributed by atoms with Crippen LogP contribution in [0.1, 0.15) is 36.6 Å². The smallest absolute Gasteiger partial charge is 0.407 e. The van der Waals surface area contributed by atoms with Gasteiger partial charge in [0.25, 0.3) is 5.91 Å². The molecule has 13 nitrogen and oxygen atoms in total. The first-order valence-electron chi connectivity index (χ1n) is 15.0. The Labute approximate surface area is 270 Å². The van der Waals surface area contributed by atoms with E-state index in [1.807, 2.05) is 30.3 Å². The second kappa shape index (κ2) is 12.5. The minimum Gasteiger partial charge on any atom is -0.482 e. The van der Waals surface area contributed by atoms with Crippen molar-refractivity contribution in [3.8, 4) is 23.6 Å². The third-order valence-corrected chi connectivity index (χ3v) is 8.84. The molecule has 2 aliphatic rings. The van der Waals surface area contributed by atoms with E-state index in [-0.39, 0.29) is 38.3 Å². The number of para-hydroxylation sites is 2. The molecule has 2 atom stereocenters. The molecule has 238 valence electrons. The van der Waals surface area contributed by atoms with Gasteiger partial charge in [0, 0.05) is 31.3 Å². The molecule has 3 aromatic carbocycles. The van der Waals surface area contributed by atoms with Crippen LogP contribution >= 0.6 is 0 Å². The third kappa shape index (κ3) is 5.58. The van der Waals surface area contributed by atoms with Crippen molar-refractivity contribution >= 4 is 34.5 Å². The van der Waals surface area contributed by atoms with Crippen LogP contribution in [0.25, 0.3) is 16.6 Å². The molecule has 2 N–H and O–H groups in total. The van der Waals surface area contributed by atoms with Gasteiger partial charge in [0.15, 0.2) is 0 Å². The SMILES string of the molecule is C[C@@H](C(=O)N[C@@H]1C(=O)N(Cc2nn(-c3ccccc3C#N)c3ccccc23)c2ccc(C#N)cc2OC12CCOCC2)N(C)C(=O)O. The molecule has 1 fully saturated rings. The van der Waals surface area contributed by atoms with Crippen LogP contribution in [0.2, 0.25) is 0 Å². The van der Waals surface area contributed by atoms with Crippen LogP contribution in [0.5, 0.6) is 5.75 Å². The van der Waals surface area contributed by atoms with Crippen molar-refractivity contribution in [1.29, 1.82) is 10.5 Å². The Kier molecular flexibility index (Phi) is 8.24. The van der Waals surface area contributed by atoms with Gasteiger partial charge in [-0.15, -0.1) is 0 Å². The summed E-state index contributed by atoms with van der Waals surface area (Å²) in [5, 5.41) is 37.5. The van der Waals surface area contributed by atoms with Crippen molar-refractivity contribution in [3.05, 3.63) is 83.6 Å². The zero-order chi connectivity index (χ0) is 33.3. The molecule has 47 heavy (non-hydrogen) atoms. The van der Waals surface area contributed by atoms with Crippen molar-refractivity contribution in [2.75, 3.05) is 25.2 Å². The highest BCUT2D eigenvalue weighted by molar-refractivity contribution is 6.03. The molecule has 4 aromatic rings. The Bertz CT molecular complexity index is 1970. The number of aromatic nitrogens is 2. The number of nitriles is 2. The molecule has 0 aliphatic carbocycles. The first-order valence-corrected chi connectivity index (χ1v) is 15.0. The van der Waals surface area contributed by atoms with Gasteiger partial charge in [-0.25, -0.2) is 9.48 Å². The van der Waals surface area contributed by atoms with Crippen LogP contribution in [0.3, 0.4) is 0 Å². The van der Waals surface area contributed by atoms with E-state index in [9.17, 15) is 30.0 Å². The monoisotopic (exact) mass is 633 g/mol. The number of benzene rings is 3. The lowest BCUT2D eigenvalue weighted by molar-refractivity contribution is -0.139. The van der Waals surface area contributed by atoms with E-state index in [1.165, 1.54) is 18.9 Å². The summed E-state index contributed by atoms with van der Waals surface area (Å²) in [5.41, 5.74) is 1.68. The van der Waals surface area contributed by atoms with Crippen LogP contribution < -0.4 is 15.0 Å². The highest BCUT2D eigenvalue weighted by atomic mass is 16.5. The Hall–Kier alpha value is -5.92. The topological polar surface area (TPSA) is 174 Å². The fraction of sp³-hybridized carbons (Fsp3) is 0.294. The molecule has 1 spiro atoms. The van der Waals surface area contributed by atoms with Crippen molar-refractivity contribution in [3.63, 3.8) is 0 Å². The number of carboxylic acid groups (broad SMARTS) is 1. The van der Waals surface area contributed by atoms with E-state index in [0.29, 0.717) is 28.2 Å². The molecule has 0 saturated carbocycles. The maximum Gasteiger partial charge on any atom is 0.407 e. The largest absolute Gasteiger partial charge is 0.482 e. The van der Waals surface area contributed by atoms with E-state index < -0.39 is 35.6 Å². The van der Waals surface area contributed by atoms with Crippen LogP contribution in [0, 0.1) is 22.7 Å². The Morgan fingerprint density at radius 3 is 2.53 bits per heavy atom. The summed E-state index contributed by atoms with van der Waals surface area (Å²) in [5.74, 6) is -0.885. The van der Waals surface area contributed by atoms with E-state index >= 15 is 0 Å². The van der Waals surface area contributed by atoms with Gasteiger partial charge in [-0.2, -0.15) is 15.6 Å². The predicted molar refractivity (Wildman–Crippen MR) is 169 cm³/mol. The number of ether oxygens (including phenoxy) is 2. The summed E-state index contributed by atoms with van der Waals surface area (Å²) in [6, 6.07) is 21.3. The summed E-state index contributed by atoms with van der Waals surface area (Å²) < 4.78 is 13.9. The number of amides is 3. The number of carbonyl (C=O) groups is 3. The second-order valence-electron chi connectivity index (χ2n) is 11.5. The first kappa shape index (κ1) is 31.1. The lowest BCUT2D eigenvalue weighted by atomic mass is 9.84. The number of anilines is 1. The second-order valence-corrected chi connectivity index (χ2v) is 11.5. The number of carbonyl (C=O) groups excluding carboxylic acids is 2. The van der Waals surface area contributed by atoms with Crippen molar-refractivity contribution in [2.24, 2.45) is 0 Å². The number of likely N-dealkylation sites (N-methyl/N-ethyl adjacent to an activating group) is 1. The molecule has 1 aromatic heterocycles. The van der Waals surface area contributed by atoms with E-state index in [2.05, 4.69) is 17.5 Å². The van der Waals surface area contributed by atoms with Crippen LogP contribution in [-0.2, 0) is 20.9 Å². The quantitative estimate of drug-likeness (QED) is 0.321. The zero-order valence-corrected chi connectivity index (χ0v) is 25.7. The van der Waals surface area contributed by atoms with Gasteiger partial charge in [-0.3, -0.25) is 14.5 Å². The number of rotatable bonds is 6. The number of hydrogen-bond donors (Lipinski definition) is 2. The number of fused-ring (bicyclic) bond motifs is 2. The van der Waals surface area contributed by atoms with Crippen LogP contribution in [0.4, 0.5) is 10.5 Å². The van der Waals surface area contributed by atoms with Crippen LogP contribution in [-0.4, -0.2) is 75.6 Å². The average molecular weight is 634 g/mol. The molecule has 13 heteroatoms. The molecule has 3 amide bonds. The normalized spacial score (nSPS) is 17.5. The molecule has 6 rings (SSSR count). The van der Waals surface area contributed by atoms with Gasteiger partial charge in [0.1, 0.15) is 29.5 Å². The lowest BCUT2D eigenvalue weighted by Crippen LogP contribution is -2.65. The Morgan fingerprint density at radius 1 is 1.09 bits per heavy atom. The Morgan fingerprint density at radius 2 is 1.81 bits per heavy atom. The minimum atomic E-state index is -1.30. The molecule has 3 heterocycles. The molecule has 1 saturated heterocycles. The minimum absolute atomic E-state index is 0.0487. The van der Waals surface area contributed by atoms with E-state index in [4.69, 9.17) is 14.6 Å². The van der Waals surface area contributed by atoms with Gasteiger partial charge in [-0.05, 0) is 37.3 Å². The first-order chi connectivity index (χ1) is 22.7. The fourth-order valence-corrected chi connectivity index (χ4v) is 6.07. The summed E-state index contributed by atoms with van der Waals surface area (Å²) in [7, 11) is 1.28. The summed E-state index contributed by atoms with van der Waals surface area (Å²) in [6.07, 6.45) is -0.797. The maximum atomic E-state index is 14.8. The number of hydrogen-bond acceptors (Lipinski definition) is 8. The number of nitrogens with one attached hydrogen (secondary N) is 1. The van der Waals surface area contributed by atoms with Crippen LogP contribution in [0.15, 0.2) is 66.7 Å².